The zero-order valence-corrected chi connectivity index (χ0v) is 11.5. The minimum absolute atomic E-state index is 0. The third-order valence-electron chi connectivity index (χ3n) is 2.27. The zero-order valence-electron chi connectivity index (χ0n) is 10.7. The van der Waals surface area contributed by atoms with Crippen LogP contribution >= 0.6 is 12.4 Å². The fraction of sp³-hybridized carbons (Fsp3) is 0.333. The number of carbonyl (C=O) groups is 2. The maximum atomic E-state index is 12.9. The number of nitrogens with zero attached hydrogens (tertiary/aromatic N) is 1. The Labute approximate surface area is 121 Å². The number of carboxylic acid groups (broad SMARTS) is 1. The van der Waals surface area contributed by atoms with Crippen LogP contribution in [0.2, 0.25) is 0 Å². The van der Waals surface area contributed by atoms with Gasteiger partial charge in [-0.05, 0) is 19.2 Å². The number of benzene rings is 1. The Hall–Kier alpha value is -1.73. The molecule has 0 radical (unpaired) electrons. The molecule has 112 valence electrons. The summed E-state index contributed by atoms with van der Waals surface area (Å²) in [4.78, 5) is 23.4. The molecule has 0 atom stereocenters. The summed E-state index contributed by atoms with van der Waals surface area (Å²) in [6.07, 6.45) is -0.0849. The van der Waals surface area contributed by atoms with E-state index in [0.29, 0.717) is 6.07 Å². The van der Waals surface area contributed by atoms with Gasteiger partial charge in [0.25, 0.3) is 0 Å². The Morgan fingerprint density at radius 3 is 2.30 bits per heavy atom. The van der Waals surface area contributed by atoms with Crippen molar-refractivity contribution in [3.8, 4) is 0 Å². The number of likely N-dealkylation sites (N-methyl/N-ethyl adjacent to an activating group) is 1. The quantitative estimate of drug-likeness (QED) is 0.840. The van der Waals surface area contributed by atoms with Crippen LogP contribution in [-0.2, 0) is 9.59 Å². The maximum absolute atomic E-state index is 12.9. The standard InChI is InChI=1S/C12H14F2N2O3.ClH/c1-16(3-2-12(18)19)7-11(17)15-10-5-8(13)4-9(14)6-10;/h4-6H,2-3,7H2,1H3,(H,15,17)(H,18,19);1H. The van der Waals surface area contributed by atoms with Crippen LogP contribution in [0.1, 0.15) is 6.42 Å². The highest BCUT2D eigenvalue weighted by molar-refractivity contribution is 5.92. The van der Waals surface area contributed by atoms with Crippen molar-refractivity contribution >= 4 is 30.0 Å². The molecular formula is C12H15ClF2N2O3. The van der Waals surface area contributed by atoms with Gasteiger partial charge in [-0.25, -0.2) is 8.78 Å². The lowest BCUT2D eigenvalue weighted by Crippen LogP contribution is -2.31. The van der Waals surface area contributed by atoms with Gasteiger partial charge in [-0.2, -0.15) is 0 Å². The number of rotatable bonds is 6. The van der Waals surface area contributed by atoms with E-state index >= 15 is 0 Å². The fourth-order valence-electron chi connectivity index (χ4n) is 1.44. The van der Waals surface area contributed by atoms with E-state index in [0.717, 1.165) is 12.1 Å². The molecule has 0 saturated heterocycles. The number of anilines is 1. The molecule has 8 heteroatoms. The summed E-state index contributed by atoms with van der Waals surface area (Å²) in [5.41, 5.74) is 0.0223. The Bertz CT molecular complexity index is 466. The fourth-order valence-corrected chi connectivity index (χ4v) is 1.44. The molecule has 0 aliphatic carbocycles. The summed E-state index contributed by atoms with van der Waals surface area (Å²) in [5, 5.41) is 10.8. The number of hydrogen-bond acceptors (Lipinski definition) is 3. The SMILES string of the molecule is CN(CCC(=O)O)CC(=O)Nc1cc(F)cc(F)c1.Cl. The van der Waals surface area contributed by atoms with Crippen molar-refractivity contribution in [2.75, 3.05) is 25.5 Å². The van der Waals surface area contributed by atoms with Crippen LogP contribution in [0, 0.1) is 11.6 Å². The normalized spacial score (nSPS) is 10.0. The van der Waals surface area contributed by atoms with E-state index in [1.165, 1.54) is 4.90 Å². The van der Waals surface area contributed by atoms with Crippen LogP contribution in [0.15, 0.2) is 18.2 Å². The largest absolute Gasteiger partial charge is 0.481 e. The monoisotopic (exact) mass is 308 g/mol. The first-order valence-electron chi connectivity index (χ1n) is 5.53. The van der Waals surface area contributed by atoms with E-state index < -0.39 is 23.5 Å². The molecule has 2 N–H and O–H groups in total. The van der Waals surface area contributed by atoms with Gasteiger partial charge in [0, 0.05) is 18.3 Å². The number of amides is 1. The molecule has 0 aliphatic heterocycles. The summed E-state index contributed by atoms with van der Waals surface area (Å²) < 4.78 is 25.8. The topological polar surface area (TPSA) is 69.6 Å². The molecule has 0 heterocycles. The summed E-state index contributed by atoms with van der Waals surface area (Å²) in [7, 11) is 1.58. The van der Waals surface area contributed by atoms with Gasteiger partial charge in [-0.15, -0.1) is 12.4 Å². The lowest BCUT2D eigenvalue weighted by Gasteiger charge is -2.15. The predicted octanol–water partition coefficient (Wildman–Crippen LogP) is 1.73. The highest BCUT2D eigenvalue weighted by Gasteiger charge is 2.09. The third kappa shape index (κ3) is 7.01. The van der Waals surface area contributed by atoms with Gasteiger partial charge in [0.2, 0.25) is 5.91 Å². The second kappa shape index (κ2) is 8.44. The van der Waals surface area contributed by atoms with E-state index in [4.69, 9.17) is 5.11 Å². The Kier molecular flexibility index (Phi) is 7.71. The Balaban J connectivity index is 0.00000361. The second-order valence-corrected chi connectivity index (χ2v) is 4.09. The molecule has 0 saturated carbocycles. The minimum Gasteiger partial charge on any atom is -0.481 e. The van der Waals surface area contributed by atoms with Crippen molar-refractivity contribution in [1.82, 2.24) is 4.90 Å². The first kappa shape index (κ1) is 18.3. The van der Waals surface area contributed by atoms with Gasteiger partial charge in [0.1, 0.15) is 11.6 Å². The lowest BCUT2D eigenvalue weighted by atomic mass is 10.3. The first-order valence-corrected chi connectivity index (χ1v) is 5.53. The third-order valence-corrected chi connectivity index (χ3v) is 2.27. The van der Waals surface area contributed by atoms with Crippen LogP contribution in [0.25, 0.3) is 0 Å². The number of hydrogen-bond donors (Lipinski definition) is 2. The molecule has 1 aromatic rings. The molecule has 0 spiro atoms. The van der Waals surface area contributed by atoms with E-state index in [9.17, 15) is 18.4 Å². The molecule has 20 heavy (non-hydrogen) atoms. The molecule has 1 rings (SSSR count). The van der Waals surface area contributed by atoms with Gasteiger partial charge in [0.05, 0.1) is 13.0 Å². The van der Waals surface area contributed by atoms with Crippen LogP contribution in [0.4, 0.5) is 14.5 Å². The average molecular weight is 309 g/mol. The number of halogens is 3. The number of carboxylic acids is 1. The van der Waals surface area contributed by atoms with Crippen molar-refractivity contribution < 1.29 is 23.5 Å². The smallest absolute Gasteiger partial charge is 0.304 e. The van der Waals surface area contributed by atoms with E-state index in [-0.39, 0.29) is 37.6 Å². The van der Waals surface area contributed by atoms with Crippen molar-refractivity contribution in [1.29, 1.82) is 0 Å². The number of nitrogens with one attached hydrogen (secondary N) is 1. The van der Waals surface area contributed by atoms with Crippen molar-refractivity contribution in [2.45, 2.75) is 6.42 Å². The van der Waals surface area contributed by atoms with Crippen LogP contribution in [0.3, 0.4) is 0 Å². The van der Waals surface area contributed by atoms with Gasteiger partial charge in [-0.1, -0.05) is 0 Å². The zero-order chi connectivity index (χ0) is 14.4. The lowest BCUT2D eigenvalue weighted by molar-refractivity contribution is -0.137. The summed E-state index contributed by atoms with van der Waals surface area (Å²) >= 11 is 0. The highest BCUT2D eigenvalue weighted by atomic mass is 35.5. The van der Waals surface area contributed by atoms with Gasteiger partial charge in [-0.3, -0.25) is 14.5 Å². The van der Waals surface area contributed by atoms with Gasteiger partial charge >= 0.3 is 5.97 Å². The average Bonchev–Trinajstić information content (AvgIpc) is 2.24. The molecule has 0 bridgehead atoms. The van der Waals surface area contributed by atoms with E-state index in [2.05, 4.69) is 5.32 Å². The number of carbonyl (C=O) groups excluding carboxylic acids is 1. The molecule has 0 unspecified atom stereocenters. The van der Waals surface area contributed by atoms with E-state index in [1.807, 2.05) is 0 Å². The molecule has 1 amide bonds. The first-order chi connectivity index (χ1) is 8.86. The van der Waals surface area contributed by atoms with Crippen molar-refractivity contribution in [3.05, 3.63) is 29.8 Å². The molecule has 0 aliphatic rings. The van der Waals surface area contributed by atoms with Crippen molar-refractivity contribution in [3.63, 3.8) is 0 Å². The molecule has 0 fully saturated rings. The summed E-state index contributed by atoms with van der Waals surface area (Å²) in [5.74, 6) is -3.00. The summed E-state index contributed by atoms with van der Waals surface area (Å²) in [6.45, 7) is 0.145. The molecule has 5 nitrogen and oxygen atoms in total. The summed E-state index contributed by atoms with van der Waals surface area (Å²) in [6, 6.07) is 2.70. The maximum Gasteiger partial charge on any atom is 0.304 e. The van der Waals surface area contributed by atoms with Gasteiger partial charge in [0.15, 0.2) is 0 Å². The Morgan fingerprint density at radius 1 is 1.25 bits per heavy atom. The second-order valence-electron chi connectivity index (χ2n) is 4.09. The van der Waals surface area contributed by atoms with Crippen molar-refractivity contribution in [2.24, 2.45) is 0 Å². The molecule has 1 aromatic carbocycles. The minimum atomic E-state index is -0.959. The van der Waals surface area contributed by atoms with Crippen LogP contribution < -0.4 is 5.32 Å². The highest BCUT2D eigenvalue weighted by Crippen LogP contribution is 2.12. The van der Waals surface area contributed by atoms with Crippen LogP contribution in [-0.4, -0.2) is 42.0 Å². The molecular weight excluding hydrogens is 294 g/mol. The number of aliphatic carboxylic acids is 1. The van der Waals surface area contributed by atoms with Crippen LogP contribution in [0.5, 0.6) is 0 Å². The van der Waals surface area contributed by atoms with E-state index in [1.54, 1.807) is 7.05 Å². The Morgan fingerprint density at radius 2 is 1.80 bits per heavy atom. The molecule has 0 aromatic heterocycles. The van der Waals surface area contributed by atoms with Gasteiger partial charge < -0.3 is 10.4 Å². The predicted molar refractivity (Wildman–Crippen MR) is 72.0 cm³/mol.